The van der Waals surface area contributed by atoms with Gasteiger partial charge >= 0.3 is 0 Å². The molecule has 1 heterocycles. The van der Waals surface area contributed by atoms with Gasteiger partial charge in [-0.2, -0.15) is 9.97 Å². The fraction of sp³-hybridized carbons (Fsp3) is 0.0588. The molecule has 0 amide bonds. The maximum Gasteiger partial charge on any atom is 0.226 e. The lowest BCUT2D eigenvalue weighted by Gasteiger charge is -2.10. The molecule has 0 aliphatic rings. The summed E-state index contributed by atoms with van der Waals surface area (Å²) in [6, 6.07) is 17.6. The molecule has 23 heavy (non-hydrogen) atoms. The van der Waals surface area contributed by atoms with E-state index in [1.807, 2.05) is 30.3 Å². The number of aromatic nitrogens is 2. The molecular weight excluding hydrogens is 293 g/mol. The first-order valence-electron chi connectivity index (χ1n) is 7.14. The lowest BCUT2D eigenvalue weighted by Crippen LogP contribution is -2.07. The van der Waals surface area contributed by atoms with Crippen molar-refractivity contribution in [3.8, 4) is 0 Å². The Hall–Kier alpha value is -3.15. The van der Waals surface area contributed by atoms with Crippen LogP contribution in [-0.2, 0) is 6.54 Å². The highest BCUT2D eigenvalue weighted by atomic mass is 19.1. The van der Waals surface area contributed by atoms with Crippen LogP contribution in [0, 0.1) is 5.82 Å². The van der Waals surface area contributed by atoms with Crippen LogP contribution in [0.3, 0.4) is 0 Å². The quantitative estimate of drug-likeness (QED) is 0.672. The number of halogens is 1. The van der Waals surface area contributed by atoms with Crippen LogP contribution in [0.15, 0.2) is 60.7 Å². The number of nitrogens with two attached hydrogens (primary N) is 1. The van der Waals surface area contributed by atoms with Crippen LogP contribution in [0.2, 0.25) is 0 Å². The Kier molecular flexibility index (Phi) is 4.33. The standard InChI is InChI=1S/C17H16FN5/c18-13-7-4-8-14(9-13)21-16-10-15(19)22-17(23-16)20-11-12-5-2-1-3-6-12/h1-10H,11H2,(H4,19,20,21,22,23). The highest BCUT2D eigenvalue weighted by molar-refractivity contribution is 5.60. The molecule has 0 bridgehead atoms. The van der Waals surface area contributed by atoms with E-state index >= 15 is 0 Å². The topological polar surface area (TPSA) is 75.9 Å². The fourth-order valence-electron chi connectivity index (χ4n) is 2.10. The molecule has 4 N–H and O–H groups in total. The average molecular weight is 309 g/mol. The van der Waals surface area contributed by atoms with Crippen LogP contribution >= 0.6 is 0 Å². The zero-order chi connectivity index (χ0) is 16.1. The second kappa shape index (κ2) is 6.74. The van der Waals surface area contributed by atoms with E-state index in [0.717, 1.165) is 5.56 Å². The number of hydrogen-bond donors (Lipinski definition) is 3. The third-order valence-corrected chi connectivity index (χ3v) is 3.14. The van der Waals surface area contributed by atoms with Crippen molar-refractivity contribution < 1.29 is 4.39 Å². The molecule has 116 valence electrons. The van der Waals surface area contributed by atoms with Gasteiger partial charge in [-0.05, 0) is 23.8 Å². The molecular formula is C17H16FN5. The minimum Gasteiger partial charge on any atom is -0.383 e. The highest BCUT2D eigenvalue weighted by Crippen LogP contribution is 2.18. The van der Waals surface area contributed by atoms with Gasteiger partial charge in [-0.15, -0.1) is 0 Å². The summed E-state index contributed by atoms with van der Waals surface area (Å²) in [6.45, 7) is 0.587. The Labute approximate surface area is 133 Å². The molecule has 0 unspecified atom stereocenters. The van der Waals surface area contributed by atoms with Gasteiger partial charge in [0.15, 0.2) is 0 Å². The van der Waals surface area contributed by atoms with Crippen LogP contribution in [0.4, 0.5) is 27.7 Å². The molecule has 5 nitrogen and oxygen atoms in total. The van der Waals surface area contributed by atoms with Crippen LogP contribution in [-0.4, -0.2) is 9.97 Å². The third-order valence-electron chi connectivity index (χ3n) is 3.14. The number of nitrogens with one attached hydrogen (secondary N) is 2. The molecule has 6 heteroatoms. The van der Waals surface area contributed by atoms with E-state index in [1.165, 1.54) is 12.1 Å². The minimum absolute atomic E-state index is 0.320. The second-order valence-electron chi connectivity index (χ2n) is 4.98. The Morgan fingerprint density at radius 3 is 2.57 bits per heavy atom. The van der Waals surface area contributed by atoms with Crippen molar-refractivity contribution in [3.63, 3.8) is 0 Å². The maximum atomic E-state index is 13.2. The lowest BCUT2D eigenvalue weighted by atomic mass is 10.2. The van der Waals surface area contributed by atoms with Crippen molar-refractivity contribution in [2.24, 2.45) is 0 Å². The largest absolute Gasteiger partial charge is 0.383 e. The molecule has 3 aromatic rings. The van der Waals surface area contributed by atoms with Crippen molar-refractivity contribution in [3.05, 3.63) is 72.0 Å². The SMILES string of the molecule is Nc1cc(Nc2cccc(F)c2)nc(NCc2ccccc2)n1. The zero-order valence-corrected chi connectivity index (χ0v) is 12.3. The van der Waals surface area contributed by atoms with Gasteiger partial charge in [0.25, 0.3) is 0 Å². The molecule has 2 aromatic carbocycles. The molecule has 0 radical (unpaired) electrons. The molecule has 0 saturated carbocycles. The fourth-order valence-corrected chi connectivity index (χ4v) is 2.10. The predicted octanol–water partition coefficient (Wildman–Crippen LogP) is 3.55. The summed E-state index contributed by atoms with van der Waals surface area (Å²) >= 11 is 0. The van der Waals surface area contributed by atoms with Crippen molar-refractivity contribution in [2.75, 3.05) is 16.4 Å². The van der Waals surface area contributed by atoms with Gasteiger partial charge in [-0.3, -0.25) is 0 Å². The summed E-state index contributed by atoms with van der Waals surface area (Å²) in [5.74, 6) is 0.917. The number of benzene rings is 2. The molecule has 1 aromatic heterocycles. The van der Waals surface area contributed by atoms with Gasteiger partial charge in [0.05, 0.1) is 0 Å². The Morgan fingerprint density at radius 2 is 1.78 bits per heavy atom. The average Bonchev–Trinajstić information content (AvgIpc) is 2.53. The predicted molar refractivity (Wildman–Crippen MR) is 89.9 cm³/mol. The monoisotopic (exact) mass is 309 g/mol. The maximum absolute atomic E-state index is 13.2. The second-order valence-corrected chi connectivity index (χ2v) is 4.98. The van der Waals surface area contributed by atoms with E-state index in [4.69, 9.17) is 5.73 Å². The first kappa shape index (κ1) is 14.8. The van der Waals surface area contributed by atoms with Crippen molar-refractivity contribution in [2.45, 2.75) is 6.54 Å². The van der Waals surface area contributed by atoms with Gasteiger partial charge < -0.3 is 16.4 Å². The van der Waals surface area contributed by atoms with Crippen molar-refractivity contribution >= 4 is 23.3 Å². The summed E-state index contributed by atoms with van der Waals surface area (Å²) in [7, 11) is 0. The lowest BCUT2D eigenvalue weighted by molar-refractivity contribution is 0.628. The van der Waals surface area contributed by atoms with E-state index in [0.29, 0.717) is 29.8 Å². The van der Waals surface area contributed by atoms with Gasteiger partial charge in [-0.25, -0.2) is 4.39 Å². The molecule has 0 atom stereocenters. The van der Waals surface area contributed by atoms with Crippen molar-refractivity contribution in [1.29, 1.82) is 0 Å². The molecule has 0 aliphatic heterocycles. The van der Waals surface area contributed by atoms with E-state index in [-0.39, 0.29) is 5.82 Å². The number of anilines is 4. The van der Waals surface area contributed by atoms with Crippen LogP contribution in [0.1, 0.15) is 5.56 Å². The van der Waals surface area contributed by atoms with Gasteiger partial charge in [0.1, 0.15) is 17.5 Å². The highest BCUT2D eigenvalue weighted by Gasteiger charge is 2.04. The summed E-state index contributed by atoms with van der Waals surface area (Å²) < 4.78 is 13.2. The first-order valence-corrected chi connectivity index (χ1v) is 7.14. The Bertz CT molecular complexity index is 792. The third kappa shape index (κ3) is 4.16. The van der Waals surface area contributed by atoms with Crippen LogP contribution < -0.4 is 16.4 Å². The smallest absolute Gasteiger partial charge is 0.226 e. The molecule has 0 saturated heterocycles. The molecule has 0 spiro atoms. The number of hydrogen-bond acceptors (Lipinski definition) is 5. The molecule has 0 fully saturated rings. The molecule has 3 rings (SSSR count). The normalized spacial score (nSPS) is 10.3. The summed E-state index contributed by atoms with van der Waals surface area (Å²) in [6.07, 6.45) is 0. The van der Waals surface area contributed by atoms with E-state index < -0.39 is 0 Å². The van der Waals surface area contributed by atoms with E-state index in [9.17, 15) is 4.39 Å². The number of nitrogens with zero attached hydrogens (tertiary/aromatic N) is 2. The Balaban J connectivity index is 1.73. The van der Waals surface area contributed by atoms with Crippen molar-refractivity contribution in [1.82, 2.24) is 9.97 Å². The number of nitrogen functional groups attached to an aromatic ring is 1. The van der Waals surface area contributed by atoms with E-state index in [2.05, 4.69) is 20.6 Å². The molecule has 0 aliphatic carbocycles. The van der Waals surface area contributed by atoms with Gasteiger partial charge in [0, 0.05) is 18.3 Å². The summed E-state index contributed by atoms with van der Waals surface area (Å²) in [5.41, 5.74) is 7.51. The van der Waals surface area contributed by atoms with Gasteiger partial charge in [-0.1, -0.05) is 36.4 Å². The first-order chi connectivity index (χ1) is 11.2. The number of rotatable bonds is 5. The van der Waals surface area contributed by atoms with Crippen LogP contribution in [0.25, 0.3) is 0 Å². The van der Waals surface area contributed by atoms with Gasteiger partial charge in [0.2, 0.25) is 5.95 Å². The minimum atomic E-state index is -0.320. The summed E-state index contributed by atoms with van der Waals surface area (Å²) in [5, 5.41) is 6.14. The Morgan fingerprint density at radius 1 is 0.957 bits per heavy atom. The summed E-state index contributed by atoms with van der Waals surface area (Å²) in [4.78, 5) is 8.49. The van der Waals surface area contributed by atoms with Crippen LogP contribution in [0.5, 0.6) is 0 Å². The zero-order valence-electron chi connectivity index (χ0n) is 12.3. The van der Waals surface area contributed by atoms with E-state index in [1.54, 1.807) is 18.2 Å².